The SMILES string of the molecule is Cc1ccc(C(=O)Nc2cc(O)c3cc(S(=O)(=O)O)ccc3c2)c([N+](=O)[O-])c1. The minimum absolute atomic E-state index is 0.142. The summed E-state index contributed by atoms with van der Waals surface area (Å²) in [4.78, 5) is 22.6. The molecule has 0 atom stereocenters. The summed E-state index contributed by atoms with van der Waals surface area (Å²) in [5, 5.41) is 24.4. The molecule has 3 N–H and O–H groups in total. The molecule has 1 amide bonds. The molecule has 0 spiro atoms. The summed E-state index contributed by atoms with van der Waals surface area (Å²) in [6.07, 6.45) is 0. The zero-order valence-electron chi connectivity index (χ0n) is 14.4. The van der Waals surface area contributed by atoms with Crippen LogP contribution in [0.25, 0.3) is 10.8 Å². The second-order valence-electron chi connectivity index (χ2n) is 6.09. The van der Waals surface area contributed by atoms with E-state index < -0.39 is 20.9 Å². The number of benzene rings is 3. The number of nitrogens with zero attached hydrogens (tertiary/aromatic N) is 1. The number of aryl methyl sites for hydroxylation is 1. The highest BCUT2D eigenvalue weighted by Crippen LogP contribution is 2.31. The number of fused-ring (bicyclic) bond motifs is 1. The Morgan fingerprint density at radius 3 is 2.46 bits per heavy atom. The van der Waals surface area contributed by atoms with Crippen molar-refractivity contribution in [3.8, 4) is 5.75 Å². The number of nitro benzene ring substituents is 1. The van der Waals surface area contributed by atoms with Gasteiger partial charge < -0.3 is 10.4 Å². The highest BCUT2D eigenvalue weighted by atomic mass is 32.2. The Balaban J connectivity index is 1.99. The van der Waals surface area contributed by atoms with Gasteiger partial charge in [0.05, 0.1) is 9.82 Å². The van der Waals surface area contributed by atoms with Gasteiger partial charge in [0.15, 0.2) is 0 Å². The molecule has 9 nitrogen and oxygen atoms in total. The lowest BCUT2D eigenvalue weighted by molar-refractivity contribution is -0.385. The fraction of sp³-hybridized carbons (Fsp3) is 0.0556. The normalized spacial score (nSPS) is 11.4. The molecule has 28 heavy (non-hydrogen) atoms. The largest absolute Gasteiger partial charge is 0.507 e. The first-order valence-electron chi connectivity index (χ1n) is 7.87. The molecule has 0 saturated carbocycles. The molecule has 0 aliphatic heterocycles. The first-order valence-corrected chi connectivity index (χ1v) is 9.31. The molecule has 0 heterocycles. The Morgan fingerprint density at radius 2 is 1.82 bits per heavy atom. The number of carbonyl (C=O) groups is 1. The molecule has 10 heteroatoms. The predicted octanol–water partition coefficient (Wildman–Crippen LogP) is 3.26. The number of phenolic OH excluding ortho intramolecular Hbond substituents is 1. The minimum Gasteiger partial charge on any atom is -0.507 e. The van der Waals surface area contributed by atoms with Crippen LogP contribution in [0.15, 0.2) is 53.4 Å². The number of aromatic hydroxyl groups is 1. The van der Waals surface area contributed by atoms with E-state index in [0.29, 0.717) is 10.9 Å². The van der Waals surface area contributed by atoms with Crippen molar-refractivity contribution >= 4 is 38.2 Å². The van der Waals surface area contributed by atoms with Crippen molar-refractivity contribution in [3.63, 3.8) is 0 Å². The van der Waals surface area contributed by atoms with Crippen LogP contribution in [0.1, 0.15) is 15.9 Å². The van der Waals surface area contributed by atoms with E-state index in [9.17, 15) is 28.4 Å². The number of hydrogen-bond acceptors (Lipinski definition) is 6. The van der Waals surface area contributed by atoms with Crippen molar-refractivity contribution < 1.29 is 27.8 Å². The summed E-state index contributed by atoms with van der Waals surface area (Å²) < 4.78 is 31.6. The summed E-state index contributed by atoms with van der Waals surface area (Å²) >= 11 is 0. The van der Waals surface area contributed by atoms with E-state index in [2.05, 4.69) is 5.32 Å². The standard InChI is InChI=1S/C18H14N2O7S/c1-10-2-5-14(16(6-10)20(23)24)18(22)19-12-7-11-3-4-13(28(25,26)27)9-15(11)17(21)8-12/h2-9,21H,1H3,(H,19,22)(H,25,26,27). The number of nitrogens with one attached hydrogen (secondary N) is 1. The average Bonchev–Trinajstić information content (AvgIpc) is 2.60. The van der Waals surface area contributed by atoms with Crippen LogP contribution in [-0.2, 0) is 10.1 Å². The van der Waals surface area contributed by atoms with Gasteiger partial charge in [0, 0.05) is 23.2 Å². The van der Waals surface area contributed by atoms with Gasteiger partial charge in [-0.15, -0.1) is 0 Å². The average molecular weight is 402 g/mol. The second-order valence-corrected chi connectivity index (χ2v) is 7.51. The third-order valence-corrected chi connectivity index (χ3v) is 4.90. The summed E-state index contributed by atoms with van der Waals surface area (Å²) in [5.74, 6) is -1.07. The molecule has 0 aromatic heterocycles. The number of phenols is 1. The fourth-order valence-corrected chi connectivity index (χ4v) is 3.24. The minimum atomic E-state index is -4.44. The Bertz CT molecular complexity index is 1240. The van der Waals surface area contributed by atoms with Crippen molar-refractivity contribution in [1.29, 1.82) is 0 Å². The van der Waals surface area contributed by atoms with Gasteiger partial charge in [-0.3, -0.25) is 19.5 Å². The first-order chi connectivity index (χ1) is 13.1. The predicted molar refractivity (Wildman–Crippen MR) is 101 cm³/mol. The lowest BCUT2D eigenvalue weighted by Crippen LogP contribution is -2.14. The van der Waals surface area contributed by atoms with Gasteiger partial charge in [-0.25, -0.2) is 0 Å². The molecule has 0 aliphatic rings. The number of hydrogen-bond donors (Lipinski definition) is 3. The van der Waals surface area contributed by atoms with E-state index in [4.69, 9.17) is 4.55 Å². The van der Waals surface area contributed by atoms with Crippen LogP contribution >= 0.6 is 0 Å². The van der Waals surface area contributed by atoms with Crippen molar-refractivity contribution in [3.05, 3.63) is 69.8 Å². The maximum absolute atomic E-state index is 12.5. The maximum atomic E-state index is 12.5. The highest BCUT2D eigenvalue weighted by Gasteiger charge is 2.21. The maximum Gasteiger partial charge on any atom is 0.294 e. The molecule has 3 aromatic carbocycles. The topological polar surface area (TPSA) is 147 Å². The van der Waals surface area contributed by atoms with Crippen LogP contribution < -0.4 is 5.32 Å². The smallest absolute Gasteiger partial charge is 0.294 e. The van der Waals surface area contributed by atoms with Gasteiger partial charge in [0.1, 0.15) is 11.3 Å². The van der Waals surface area contributed by atoms with E-state index in [-0.39, 0.29) is 33.0 Å². The number of carbonyl (C=O) groups excluding carboxylic acids is 1. The number of anilines is 1. The van der Waals surface area contributed by atoms with Crippen LogP contribution in [0.2, 0.25) is 0 Å². The first kappa shape index (κ1) is 19.3. The molecule has 0 saturated heterocycles. The molecule has 3 rings (SSSR count). The summed E-state index contributed by atoms with van der Waals surface area (Å²) in [6, 6.07) is 10.4. The van der Waals surface area contributed by atoms with Gasteiger partial charge in [0.25, 0.3) is 21.7 Å². The molecular weight excluding hydrogens is 388 g/mol. The summed E-state index contributed by atoms with van der Waals surface area (Å²) in [7, 11) is -4.44. The van der Waals surface area contributed by atoms with Gasteiger partial charge in [0.2, 0.25) is 0 Å². The Morgan fingerprint density at radius 1 is 1.11 bits per heavy atom. The highest BCUT2D eigenvalue weighted by molar-refractivity contribution is 7.85. The third-order valence-electron chi connectivity index (χ3n) is 4.05. The number of nitro groups is 1. The van der Waals surface area contributed by atoms with Crippen LogP contribution in [0.5, 0.6) is 5.75 Å². The van der Waals surface area contributed by atoms with Gasteiger partial charge in [-0.05, 0) is 42.1 Å². The van der Waals surface area contributed by atoms with E-state index in [1.807, 2.05) is 0 Å². The quantitative estimate of drug-likeness (QED) is 0.345. The van der Waals surface area contributed by atoms with Gasteiger partial charge >= 0.3 is 0 Å². The van der Waals surface area contributed by atoms with Crippen molar-refractivity contribution in [2.24, 2.45) is 0 Å². The van der Waals surface area contributed by atoms with Crippen LogP contribution in [0, 0.1) is 17.0 Å². The third kappa shape index (κ3) is 3.77. The molecule has 0 fully saturated rings. The van der Waals surface area contributed by atoms with Crippen LogP contribution in [0.3, 0.4) is 0 Å². The second kappa shape index (κ2) is 6.91. The van der Waals surface area contributed by atoms with Crippen molar-refractivity contribution in [2.75, 3.05) is 5.32 Å². The molecule has 3 aromatic rings. The molecule has 0 aliphatic carbocycles. The fourth-order valence-electron chi connectivity index (χ4n) is 2.73. The zero-order chi connectivity index (χ0) is 20.6. The van der Waals surface area contributed by atoms with E-state index in [1.54, 1.807) is 13.0 Å². The molecule has 0 bridgehead atoms. The number of amides is 1. The number of rotatable bonds is 4. The van der Waals surface area contributed by atoms with Gasteiger partial charge in [-0.2, -0.15) is 8.42 Å². The molecule has 0 unspecified atom stereocenters. The lowest BCUT2D eigenvalue weighted by Gasteiger charge is -2.10. The Hall–Kier alpha value is -3.50. The molecular formula is C18H14N2O7S. The van der Waals surface area contributed by atoms with E-state index in [1.165, 1.54) is 30.3 Å². The Kier molecular flexibility index (Phi) is 4.75. The van der Waals surface area contributed by atoms with Crippen LogP contribution in [-0.4, -0.2) is 28.9 Å². The van der Waals surface area contributed by atoms with Crippen molar-refractivity contribution in [1.82, 2.24) is 0 Å². The van der Waals surface area contributed by atoms with E-state index >= 15 is 0 Å². The monoisotopic (exact) mass is 402 g/mol. The van der Waals surface area contributed by atoms with E-state index in [0.717, 1.165) is 12.1 Å². The van der Waals surface area contributed by atoms with Gasteiger partial charge in [-0.1, -0.05) is 12.1 Å². The Labute approximate surface area is 159 Å². The zero-order valence-corrected chi connectivity index (χ0v) is 15.2. The van der Waals surface area contributed by atoms with Crippen molar-refractivity contribution in [2.45, 2.75) is 11.8 Å². The summed E-state index contributed by atoms with van der Waals surface area (Å²) in [5.41, 5.74) is 0.294. The lowest BCUT2D eigenvalue weighted by atomic mass is 10.1. The van der Waals surface area contributed by atoms with Crippen LogP contribution in [0.4, 0.5) is 11.4 Å². The molecule has 144 valence electrons. The summed E-state index contributed by atoms with van der Waals surface area (Å²) in [6.45, 7) is 1.66. The molecule has 0 radical (unpaired) electrons.